The van der Waals surface area contributed by atoms with Crippen molar-refractivity contribution in [3.05, 3.63) is 21.9 Å². The third-order valence-electron chi connectivity index (χ3n) is 9.14. The topological polar surface area (TPSA) is 172 Å². The fraction of sp³-hybridized carbons (Fsp3) is 0.607. The van der Waals surface area contributed by atoms with Crippen molar-refractivity contribution < 1.29 is 14.1 Å². The molecule has 3 N–H and O–H groups in total. The quantitative estimate of drug-likeness (QED) is 0.430. The van der Waals surface area contributed by atoms with Crippen molar-refractivity contribution in [2.24, 2.45) is 0 Å². The van der Waals surface area contributed by atoms with Crippen LogP contribution in [-0.2, 0) is 16.6 Å². The Morgan fingerprint density at radius 1 is 1.19 bits per heavy atom. The van der Waals surface area contributed by atoms with Crippen molar-refractivity contribution in [2.45, 2.75) is 82.3 Å². The first-order valence-electron chi connectivity index (χ1n) is 14.7. The van der Waals surface area contributed by atoms with Gasteiger partial charge in [0.05, 0.1) is 17.0 Å². The first-order chi connectivity index (χ1) is 20.3. The molecule has 220 valence electrons. The Bertz CT molecular complexity index is 1550. The molecule has 3 aliphatic heterocycles. The smallest absolute Gasteiger partial charge is 0.321 e. The highest BCUT2D eigenvalue weighted by Gasteiger charge is 2.43. The van der Waals surface area contributed by atoms with Gasteiger partial charge in [-0.1, -0.05) is 5.16 Å². The van der Waals surface area contributed by atoms with Gasteiger partial charge in [-0.2, -0.15) is 25.2 Å². The Morgan fingerprint density at radius 3 is 2.76 bits per heavy atom. The van der Waals surface area contributed by atoms with E-state index in [2.05, 4.69) is 26.4 Å². The molecular weight excluding hydrogens is 556 g/mol. The Hall–Kier alpha value is -3.83. The summed E-state index contributed by atoms with van der Waals surface area (Å²) in [6.07, 6.45) is 6.60. The highest BCUT2D eigenvalue weighted by atomic mass is 32.1. The van der Waals surface area contributed by atoms with Crippen LogP contribution < -0.4 is 20.7 Å². The van der Waals surface area contributed by atoms with Crippen LogP contribution in [0.2, 0.25) is 0 Å². The zero-order valence-electron chi connectivity index (χ0n) is 23.8. The molecule has 1 amide bonds. The van der Waals surface area contributed by atoms with Crippen LogP contribution in [0.3, 0.4) is 0 Å². The maximum Gasteiger partial charge on any atom is 0.321 e. The number of likely N-dealkylation sites (tertiary alicyclic amines) is 1. The number of nitrogens with zero attached hydrogens (tertiary/aromatic N) is 8. The molecule has 13 nitrogen and oxygen atoms in total. The normalized spacial score (nSPS) is 26.7. The molecular formula is C28H34N10O3S. The highest BCUT2D eigenvalue weighted by molar-refractivity contribution is 7.16. The number of amides is 1. The molecule has 0 aromatic carbocycles. The maximum absolute atomic E-state index is 12.1. The van der Waals surface area contributed by atoms with Crippen LogP contribution in [0.25, 0.3) is 11.6 Å². The Kier molecular flexibility index (Phi) is 6.73. The third kappa shape index (κ3) is 4.64. The molecule has 4 aliphatic rings. The number of nitrogen functional groups attached to an aromatic ring is 1. The predicted molar refractivity (Wildman–Crippen MR) is 154 cm³/mol. The van der Waals surface area contributed by atoms with Crippen molar-refractivity contribution in [1.82, 2.24) is 35.3 Å². The second-order valence-corrected chi connectivity index (χ2v) is 13.1. The standard InChI is InChI=1S/C28H34N10O3S/c1-15(39)38-10-4-5-18(38)14-40-27-34-23(33-26(35-27)37-12-16-7-8-17(13-37)31-16)24-32-25(41-36-24)28(2)9-3-6-20-21(28)19(11-29)22(30)42-20/h16-18,31H,3-10,12-14,30H2,1-2H3/t16-,17+,18-,28+/m0/s1. The summed E-state index contributed by atoms with van der Waals surface area (Å²) < 4.78 is 12.0. The van der Waals surface area contributed by atoms with Crippen molar-refractivity contribution >= 4 is 28.2 Å². The van der Waals surface area contributed by atoms with Gasteiger partial charge in [0, 0.05) is 49.1 Å². The predicted octanol–water partition coefficient (Wildman–Crippen LogP) is 2.41. The van der Waals surface area contributed by atoms with Gasteiger partial charge in [0.1, 0.15) is 17.7 Å². The number of rotatable bonds is 6. The Labute approximate surface area is 247 Å². The van der Waals surface area contributed by atoms with Crippen LogP contribution in [0.15, 0.2) is 4.52 Å². The van der Waals surface area contributed by atoms with E-state index >= 15 is 0 Å². The van der Waals surface area contributed by atoms with Gasteiger partial charge in [-0.3, -0.25) is 4.79 Å². The summed E-state index contributed by atoms with van der Waals surface area (Å²) in [5, 5.41) is 18.3. The van der Waals surface area contributed by atoms with Crippen LogP contribution in [-0.4, -0.2) is 80.3 Å². The fourth-order valence-electron chi connectivity index (χ4n) is 7.05. The average Bonchev–Trinajstić information content (AvgIpc) is 3.78. The van der Waals surface area contributed by atoms with Gasteiger partial charge in [-0.05, 0) is 51.9 Å². The number of aryl methyl sites for hydroxylation is 1. The molecule has 0 unspecified atom stereocenters. The molecule has 0 spiro atoms. The van der Waals surface area contributed by atoms with Gasteiger partial charge in [-0.25, -0.2) is 0 Å². The lowest BCUT2D eigenvalue weighted by Crippen LogP contribution is -2.51. The first kappa shape index (κ1) is 27.0. The van der Waals surface area contributed by atoms with Gasteiger partial charge < -0.3 is 30.1 Å². The van der Waals surface area contributed by atoms with Crippen LogP contribution in [0, 0.1) is 11.3 Å². The molecule has 14 heteroatoms. The number of nitrogens with two attached hydrogens (primary N) is 1. The van der Waals surface area contributed by atoms with Crippen LogP contribution in [0.1, 0.15) is 74.3 Å². The van der Waals surface area contributed by atoms with Crippen LogP contribution >= 0.6 is 11.3 Å². The lowest BCUT2D eigenvalue weighted by Gasteiger charge is -2.32. The maximum atomic E-state index is 12.1. The number of hydrogen-bond donors (Lipinski definition) is 2. The van der Waals surface area contributed by atoms with E-state index in [-0.39, 0.29) is 29.6 Å². The molecule has 2 bridgehead atoms. The second-order valence-electron chi connectivity index (χ2n) is 12.0. The molecule has 4 atom stereocenters. The van der Waals surface area contributed by atoms with Crippen molar-refractivity contribution in [1.29, 1.82) is 5.26 Å². The SMILES string of the molecule is CC(=O)N1CCC[C@H]1COc1nc(-c2noc([C@]3(C)CCCc4sc(N)c(C#N)c43)n2)nc(N2C[C@H]3CC[C@@H](C2)N3)n1. The number of anilines is 2. The number of nitrogens with one attached hydrogen (secondary N) is 1. The van der Waals surface area contributed by atoms with E-state index in [4.69, 9.17) is 29.9 Å². The lowest BCUT2D eigenvalue weighted by atomic mass is 9.72. The van der Waals surface area contributed by atoms with E-state index < -0.39 is 5.41 Å². The van der Waals surface area contributed by atoms with E-state index in [1.165, 1.54) is 11.3 Å². The number of thiophene rings is 1. The van der Waals surface area contributed by atoms with E-state index in [9.17, 15) is 10.1 Å². The van der Waals surface area contributed by atoms with Gasteiger partial charge >= 0.3 is 6.01 Å². The summed E-state index contributed by atoms with van der Waals surface area (Å²) >= 11 is 1.47. The van der Waals surface area contributed by atoms with Gasteiger partial charge in [0.15, 0.2) is 0 Å². The number of carbonyl (C=O) groups is 1. The van der Waals surface area contributed by atoms with E-state index in [0.717, 1.165) is 75.0 Å². The van der Waals surface area contributed by atoms with Crippen LogP contribution in [0.5, 0.6) is 6.01 Å². The molecule has 1 aliphatic carbocycles. The zero-order chi connectivity index (χ0) is 29.0. The number of fused-ring (bicyclic) bond motifs is 3. The van der Waals surface area contributed by atoms with E-state index in [0.29, 0.717) is 41.1 Å². The van der Waals surface area contributed by atoms with Crippen molar-refractivity contribution in [3.8, 4) is 23.7 Å². The van der Waals surface area contributed by atoms with Crippen molar-refractivity contribution in [3.63, 3.8) is 0 Å². The zero-order valence-corrected chi connectivity index (χ0v) is 24.6. The third-order valence-corrected chi connectivity index (χ3v) is 10.2. The molecule has 42 heavy (non-hydrogen) atoms. The summed E-state index contributed by atoms with van der Waals surface area (Å²) in [6.45, 7) is 6.22. The number of hydrogen-bond acceptors (Lipinski definition) is 13. The molecule has 6 heterocycles. The molecule has 3 saturated heterocycles. The summed E-state index contributed by atoms with van der Waals surface area (Å²) in [5.74, 6) is 1.45. The summed E-state index contributed by atoms with van der Waals surface area (Å²) in [5.41, 5.74) is 6.94. The number of aromatic nitrogens is 5. The minimum absolute atomic E-state index is 0.0224. The highest BCUT2D eigenvalue weighted by Crippen LogP contribution is 2.48. The van der Waals surface area contributed by atoms with Crippen molar-refractivity contribution in [2.75, 3.05) is 36.9 Å². The lowest BCUT2D eigenvalue weighted by molar-refractivity contribution is -0.130. The van der Waals surface area contributed by atoms with Gasteiger partial charge in [-0.15, -0.1) is 11.3 Å². The largest absolute Gasteiger partial charge is 0.461 e. The minimum Gasteiger partial charge on any atom is -0.461 e. The number of nitriles is 1. The minimum atomic E-state index is -0.649. The number of carbonyl (C=O) groups excluding carboxylic acids is 1. The first-order valence-corrected chi connectivity index (χ1v) is 15.5. The monoisotopic (exact) mass is 590 g/mol. The molecule has 0 saturated carbocycles. The molecule has 3 aromatic heterocycles. The summed E-state index contributed by atoms with van der Waals surface area (Å²) in [4.78, 5) is 36.0. The van der Waals surface area contributed by atoms with Crippen LogP contribution in [0.4, 0.5) is 10.9 Å². The molecule has 7 rings (SSSR count). The molecule has 3 aromatic rings. The average molecular weight is 591 g/mol. The molecule has 3 fully saturated rings. The summed E-state index contributed by atoms with van der Waals surface area (Å²) in [7, 11) is 0. The number of piperazine rings is 1. The molecule has 0 radical (unpaired) electrons. The van der Waals surface area contributed by atoms with E-state index in [1.807, 2.05) is 11.8 Å². The Morgan fingerprint density at radius 2 is 2.00 bits per heavy atom. The Balaban J connectivity index is 1.22. The van der Waals surface area contributed by atoms with E-state index in [1.54, 1.807) is 6.92 Å². The van der Waals surface area contributed by atoms with Gasteiger partial charge in [0.25, 0.3) is 0 Å². The fourth-order valence-corrected chi connectivity index (χ4v) is 8.25. The summed E-state index contributed by atoms with van der Waals surface area (Å²) in [6, 6.07) is 3.22. The van der Waals surface area contributed by atoms with Gasteiger partial charge in [0.2, 0.25) is 29.4 Å². The second kappa shape index (κ2) is 10.5. The number of ether oxygens (including phenoxy) is 1.